The lowest BCUT2D eigenvalue weighted by atomic mass is 10.1. The van der Waals surface area contributed by atoms with Gasteiger partial charge in [0.25, 0.3) is 0 Å². The van der Waals surface area contributed by atoms with E-state index in [0.29, 0.717) is 5.02 Å². The highest BCUT2D eigenvalue weighted by molar-refractivity contribution is 7.98. The molecule has 0 N–H and O–H groups in total. The standard InChI is InChI=1S/C18H16ClN5S/c1-12-4-3-5-13(8-12)17-21-22-18(23(17)2)25-11-15-10-24-9-14(19)6-7-16(24)20-15/h3-10H,11H2,1-2H3. The molecule has 4 aromatic rings. The van der Waals surface area contributed by atoms with E-state index in [1.165, 1.54) is 5.56 Å². The molecule has 0 aliphatic carbocycles. The monoisotopic (exact) mass is 369 g/mol. The van der Waals surface area contributed by atoms with Crippen molar-refractivity contribution in [3.63, 3.8) is 0 Å². The van der Waals surface area contributed by atoms with Gasteiger partial charge in [0.05, 0.1) is 10.7 Å². The van der Waals surface area contributed by atoms with Gasteiger partial charge in [-0.1, -0.05) is 47.1 Å². The molecule has 0 aliphatic rings. The molecule has 126 valence electrons. The number of thioether (sulfide) groups is 1. The Labute approximate surface area is 154 Å². The van der Waals surface area contributed by atoms with Gasteiger partial charge in [-0.05, 0) is 25.1 Å². The van der Waals surface area contributed by atoms with Crippen LogP contribution in [-0.2, 0) is 12.8 Å². The zero-order valence-corrected chi connectivity index (χ0v) is 15.4. The molecule has 3 aromatic heterocycles. The zero-order valence-electron chi connectivity index (χ0n) is 13.8. The van der Waals surface area contributed by atoms with Crippen LogP contribution in [0.2, 0.25) is 5.02 Å². The minimum atomic E-state index is 0.695. The van der Waals surface area contributed by atoms with Crippen LogP contribution in [0.25, 0.3) is 17.0 Å². The molecular weight excluding hydrogens is 354 g/mol. The van der Waals surface area contributed by atoms with Gasteiger partial charge in [0.2, 0.25) is 0 Å². The molecule has 0 aliphatic heterocycles. The van der Waals surface area contributed by atoms with Crippen LogP contribution < -0.4 is 0 Å². The maximum Gasteiger partial charge on any atom is 0.191 e. The molecule has 7 heteroatoms. The zero-order chi connectivity index (χ0) is 17.4. The van der Waals surface area contributed by atoms with E-state index in [1.807, 2.05) is 46.6 Å². The van der Waals surface area contributed by atoms with Gasteiger partial charge in [0, 0.05) is 30.8 Å². The second-order valence-corrected chi connectivity index (χ2v) is 7.25. The summed E-state index contributed by atoms with van der Waals surface area (Å²) in [7, 11) is 1.99. The summed E-state index contributed by atoms with van der Waals surface area (Å²) in [6.07, 6.45) is 3.85. The van der Waals surface area contributed by atoms with E-state index >= 15 is 0 Å². The molecule has 0 saturated carbocycles. The Hall–Kier alpha value is -2.31. The Balaban J connectivity index is 1.55. The van der Waals surface area contributed by atoms with Crippen molar-refractivity contribution in [2.24, 2.45) is 7.05 Å². The molecule has 0 radical (unpaired) electrons. The first-order chi connectivity index (χ1) is 12.1. The summed E-state index contributed by atoms with van der Waals surface area (Å²) in [4.78, 5) is 4.60. The molecule has 0 unspecified atom stereocenters. The van der Waals surface area contributed by atoms with Crippen LogP contribution in [-0.4, -0.2) is 24.1 Å². The minimum Gasteiger partial charge on any atom is -0.305 e. The van der Waals surface area contributed by atoms with Gasteiger partial charge in [0.15, 0.2) is 11.0 Å². The maximum atomic E-state index is 6.02. The van der Waals surface area contributed by atoms with E-state index in [-0.39, 0.29) is 0 Å². The van der Waals surface area contributed by atoms with E-state index in [0.717, 1.165) is 33.6 Å². The van der Waals surface area contributed by atoms with Gasteiger partial charge >= 0.3 is 0 Å². The first-order valence-corrected chi connectivity index (χ1v) is 9.19. The van der Waals surface area contributed by atoms with Crippen LogP contribution in [0, 0.1) is 6.92 Å². The third kappa shape index (κ3) is 3.27. The number of aromatic nitrogens is 5. The number of benzene rings is 1. The van der Waals surface area contributed by atoms with Crippen molar-refractivity contribution in [2.75, 3.05) is 0 Å². The molecule has 0 saturated heterocycles. The average molecular weight is 370 g/mol. The molecule has 25 heavy (non-hydrogen) atoms. The number of rotatable bonds is 4. The average Bonchev–Trinajstić information content (AvgIpc) is 3.15. The van der Waals surface area contributed by atoms with Crippen LogP contribution in [0.1, 0.15) is 11.3 Å². The van der Waals surface area contributed by atoms with E-state index in [9.17, 15) is 0 Å². The molecular formula is C18H16ClN5S. The summed E-state index contributed by atoms with van der Waals surface area (Å²) < 4.78 is 3.96. The van der Waals surface area contributed by atoms with Crippen LogP contribution in [0.15, 0.2) is 53.9 Å². The van der Waals surface area contributed by atoms with Gasteiger partial charge in [0.1, 0.15) is 5.65 Å². The van der Waals surface area contributed by atoms with E-state index in [4.69, 9.17) is 11.6 Å². The van der Waals surface area contributed by atoms with E-state index in [2.05, 4.69) is 40.3 Å². The third-order valence-corrected chi connectivity index (χ3v) is 5.20. The highest BCUT2D eigenvalue weighted by Gasteiger charge is 2.12. The van der Waals surface area contributed by atoms with Crippen LogP contribution in [0.5, 0.6) is 0 Å². The van der Waals surface area contributed by atoms with Crippen molar-refractivity contribution in [1.29, 1.82) is 0 Å². The molecule has 1 aromatic carbocycles. The van der Waals surface area contributed by atoms with Crippen LogP contribution >= 0.6 is 23.4 Å². The summed E-state index contributed by atoms with van der Waals surface area (Å²) in [5.41, 5.74) is 4.15. The molecule has 0 atom stereocenters. The van der Waals surface area contributed by atoms with Crippen molar-refractivity contribution in [1.82, 2.24) is 24.1 Å². The van der Waals surface area contributed by atoms with Gasteiger partial charge in [-0.2, -0.15) is 0 Å². The maximum absolute atomic E-state index is 6.02. The highest BCUT2D eigenvalue weighted by Crippen LogP contribution is 2.25. The fraction of sp³-hybridized carbons (Fsp3) is 0.167. The van der Waals surface area contributed by atoms with Gasteiger partial charge < -0.3 is 8.97 Å². The number of imidazole rings is 1. The predicted octanol–water partition coefficient (Wildman–Crippen LogP) is 4.38. The van der Waals surface area contributed by atoms with Gasteiger partial charge in [-0.15, -0.1) is 10.2 Å². The summed E-state index contributed by atoms with van der Waals surface area (Å²) in [5, 5.41) is 10.2. The van der Waals surface area contributed by atoms with Crippen molar-refractivity contribution in [2.45, 2.75) is 17.8 Å². The second kappa shape index (κ2) is 6.54. The third-order valence-electron chi connectivity index (χ3n) is 3.93. The SMILES string of the molecule is Cc1cccc(-c2nnc(SCc3cn4cc(Cl)ccc4n3)n2C)c1. The quantitative estimate of drug-likeness (QED) is 0.501. The van der Waals surface area contributed by atoms with Crippen molar-refractivity contribution in [3.05, 3.63) is 65.1 Å². The molecule has 0 amide bonds. The summed E-state index contributed by atoms with van der Waals surface area (Å²) in [6, 6.07) is 12.0. The number of nitrogens with zero attached hydrogens (tertiary/aromatic N) is 5. The van der Waals surface area contributed by atoms with Crippen LogP contribution in [0.3, 0.4) is 0 Å². The Kier molecular flexibility index (Phi) is 4.23. The summed E-state index contributed by atoms with van der Waals surface area (Å²) >= 11 is 7.64. The fourth-order valence-corrected chi connectivity index (χ4v) is 3.66. The molecule has 3 heterocycles. The molecule has 4 rings (SSSR count). The van der Waals surface area contributed by atoms with Crippen LogP contribution in [0.4, 0.5) is 0 Å². The van der Waals surface area contributed by atoms with Crippen molar-refractivity contribution in [3.8, 4) is 11.4 Å². The summed E-state index contributed by atoms with van der Waals surface area (Å²) in [5.74, 6) is 1.59. The molecule has 5 nitrogen and oxygen atoms in total. The number of halogens is 1. The lowest BCUT2D eigenvalue weighted by Crippen LogP contribution is -1.95. The number of fused-ring (bicyclic) bond motifs is 1. The van der Waals surface area contributed by atoms with E-state index in [1.54, 1.807) is 11.8 Å². The first kappa shape index (κ1) is 16.2. The second-order valence-electron chi connectivity index (χ2n) is 5.87. The Morgan fingerprint density at radius 1 is 1.12 bits per heavy atom. The van der Waals surface area contributed by atoms with Gasteiger partial charge in [-0.3, -0.25) is 0 Å². The highest BCUT2D eigenvalue weighted by atomic mass is 35.5. The first-order valence-electron chi connectivity index (χ1n) is 7.82. The normalized spacial score (nSPS) is 11.3. The predicted molar refractivity (Wildman–Crippen MR) is 101 cm³/mol. The Morgan fingerprint density at radius 3 is 2.84 bits per heavy atom. The lowest BCUT2D eigenvalue weighted by molar-refractivity contribution is 0.793. The van der Waals surface area contributed by atoms with E-state index < -0.39 is 0 Å². The number of hydrogen-bond donors (Lipinski definition) is 0. The molecule has 0 bridgehead atoms. The fourth-order valence-electron chi connectivity index (χ4n) is 2.70. The summed E-state index contributed by atoms with van der Waals surface area (Å²) in [6.45, 7) is 2.07. The number of pyridine rings is 1. The number of aryl methyl sites for hydroxylation is 1. The topological polar surface area (TPSA) is 48.0 Å². The Morgan fingerprint density at radius 2 is 2.00 bits per heavy atom. The number of hydrogen-bond acceptors (Lipinski definition) is 4. The lowest BCUT2D eigenvalue weighted by Gasteiger charge is -2.04. The molecule has 0 spiro atoms. The van der Waals surface area contributed by atoms with Gasteiger partial charge in [-0.25, -0.2) is 4.98 Å². The van der Waals surface area contributed by atoms with Crippen molar-refractivity contribution < 1.29 is 0 Å². The smallest absolute Gasteiger partial charge is 0.191 e. The largest absolute Gasteiger partial charge is 0.305 e. The Bertz CT molecular complexity index is 1050. The van der Waals surface area contributed by atoms with Crippen molar-refractivity contribution >= 4 is 29.0 Å². The molecule has 0 fully saturated rings. The minimum absolute atomic E-state index is 0.695.